The van der Waals surface area contributed by atoms with Gasteiger partial charge in [0.1, 0.15) is 0 Å². The molecule has 0 bridgehead atoms. The normalized spacial score (nSPS) is 13.7. The van der Waals surface area contributed by atoms with Crippen molar-refractivity contribution in [2.75, 3.05) is 13.2 Å². The van der Waals surface area contributed by atoms with Gasteiger partial charge in [-0.2, -0.15) is 0 Å². The van der Waals surface area contributed by atoms with Crippen molar-refractivity contribution in [2.24, 2.45) is 0 Å². The van der Waals surface area contributed by atoms with E-state index in [4.69, 9.17) is 37.0 Å². The molecule has 0 heterocycles. The molecule has 0 rings (SSSR count). The summed E-state index contributed by atoms with van der Waals surface area (Å²) in [6.07, 6.45) is 1.28. The van der Waals surface area contributed by atoms with Crippen molar-refractivity contribution in [3.63, 3.8) is 0 Å². The average molecular weight is 321 g/mol. The van der Waals surface area contributed by atoms with Crippen LogP contribution in [0.15, 0.2) is 0 Å². The van der Waals surface area contributed by atoms with Gasteiger partial charge < -0.3 is 13.8 Å². The molecule has 0 saturated heterocycles. The van der Waals surface area contributed by atoms with Gasteiger partial charge in [0, 0.05) is 6.92 Å². The monoisotopic (exact) mass is 320 g/mol. The van der Waals surface area contributed by atoms with Gasteiger partial charge >= 0.3 is 13.6 Å². The van der Waals surface area contributed by atoms with Crippen LogP contribution in [0.1, 0.15) is 33.6 Å². The lowest BCUT2D eigenvalue weighted by atomic mass is 10.5. The first kappa shape index (κ1) is 18.2. The zero-order chi connectivity index (χ0) is 14.2. The molecule has 0 aliphatic carbocycles. The molecule has 108 valence electrons. The highest BCUT2D eigenvalue weighted by Gasteiger charge is 2.43. The first-order valence-electron chi connectivity index (χ1n) is 5.71. The van der Waals surface area contributed by atoms with Crippen LogP contribution in [0.4, 0.5) is 0 Å². The predicted molar refractivity (Wildman–Crippen MR) is 71.1 cm³/mol. The van der Waals surface area contributed by atoms with Gasteiger partial charge in [0.15, 0.2) is 4.84 Å². The van der Waals surface area contributed by atoms with Gasteiger partial charge in [-0.05, 0) is 12.8 Å². The molecule has 0 saturated carbocycles. The van der Waals surface area contributed by atoms with Crippen LogP contribution in [0.2, 0.25) is 0 Å². The Hall–Kier alpha value is 0.200. The summed E-state index contributed by atoms with van der Waals surface area (Å²) in [5, 5.41) is 0. The van der Waals surface area contributed by atoms with Crippen molar-refractivity contribution >= 4 is 36.8 Å². The molecule has 0 spiro atoms. The summed E-state index contributed by atoms with van der Waals surface area (Å²) in [5.41, 5.74) is 0. The van der Waals surface area contributed by atoms with E-state index in [2.05, 4.69) is 0 Å². The zero-order valence-corrected chi connectivity index (χ0v) is 13.1. The van der Waals surface area contributed by atoms with E-state index in [9.17, 15) is 9.36 Å². The van der Waals surface area contributed by atoms with Crippen LogP contribution in [0.3, 0.4) is 0 Å². The van der Waals surface area contributed by atoms with Crippen LogP contribution in [-0.4, -0.2) is 29.9 Å². The molecule has 0 aromatic carbocycles. The number of carbonyl (C=O) groups is 1. The molecule has 0 fully saturated rings. The SMILES string of the molecule is CCCOP(=O)(OCCC)C(OC(C)=O)C(Cl)Cl. The van der Waals surface area contributed by atoms with Gasteiger partial charge in [0.2, 0.25) is 5.85 Å². The number of hydrogen-bond donors (Lipinski definition) is 0. The molecule has 1 unspecified atom stereocenters. The molecule has 8 heteroatoms. The second-order valence-electron chi connectivity index (χ2n) is 3.54. The largest absolute Gasteiger partial charge is 0.447 e. The Labute approximate surface area is 118 Å². The lowest BCUT2D eigenvalue weighted by molar-refractivity contribution is -0.143. The minimum absolute atomic E-state index is 0.208. The fourth-order valence-corrected chi connectivity index (χ4v) is 3.77. The quantitative estimate of drug-likeness (QED) is 0.368. The third kappa shape index (κ3) is 6.39. The highest BCUT2D eigenvalue weighted by atomic mass is 35.5. The maximum Gasteiger partial charge on any atom is 0.373 e. The van der Waals surface area contributed by atoms with Gasteiger partial charge in [-0.25, -0.2) is 0 Å². The van der Waals surface area contributed by atoms with Gasteiger partial charge in [0.05, 0.1) is 13.2 Å². The molecular formula is C10H19Cl2O5P. The van der Waals surface area contributed by atoms with Crippen LogP contribution in [0.25, 0.3) is 0 Å². The Morgan fingerprint density at radius 1 is 1.17 bits per heavy atom. The molecule has 1 atom stereocenters. The van der Waals surface area contributed by atoms with E-state index in [1.807, 2.05) is 13.8 Å². The number of rotatable bonds is 9. The molecule has 0 aliphatic heterocycles. The highest BCUT2D eigenvalue weighted by Crippen LogP contribution is 2.56. The summed E-state index contributed by atoms with van der Waals surface area (Å²) in [6, 6.07) is 0. The van der Waals surface area contributed by atoms with E-state index >= 15 is 0 Å². The van der Waals surface area contributed by atoms with Crippen LogP contribution in [-0.2, 0) is 23.1 Å². The Bertz CT molecular complexity index is 286. The molecule has 0 radical (unpaired) electrons. The predicted octanol–water partition coefficient (Wildman–Crippen LogP) is 3.73. The number of alkyl halides is 2. The molecule has 5 nitrogen and oxygen atoms in total. The van der Waals surface area contributed by atoms with Crippen molar-refractivity contribution in [1.82, 2.24) is 0 Å². The Kier molecular flexibility index (Phi) is 9.26. The fraction of sp³-hybridized carbons (Fsp3) is 0.900. The Morgan fingerprint density at radius 2 is 1.61 bits per heavy atom. The van der Waals surface area contributed by atoms with Crippen molar-refractivity contribution in [1.29, 1.82) is 0 Å². The third-order valence-corrected chi connectivity index (χ3v) is 4.69. The molecule has 0 aliphatic rings. The van der Waals surface area contributed by atoms with E-state index in [1.165, 1.54) is 6.92 Å². The van der Waals surface area contributed by atoms with Gasteiger partial charge in [0.25, 0.3) is 0 Å². The summed E-state index contributed by atoms with van der Waals surface area (Å²) in [5.74, 6) is -1.96. The number of ether oxygens (including phenoxy) is 1. The van der Waals surface area contributed by atoms with E-state index in [0.29, 0.717) is 12.8 Å². The van der Waals surface area contributed by atoms with Gasteiger partial charge in [-0.1, -0.05) is 13.8 Å². The van der Waals surface area contributed by atoms with Crippen LogP contribution in [0.5, 0.6) is 0 Å². The van der Waals surface area contributed by atoms with Crippen molar-refractivity contribution in [3.05, 3.63) is 0 Å². The minimum Gasteiger partial charge on any atom is -0.447 e. The first-order valence-corrected chi connectivity index (χ1v) is 8.20. The molecule has 0 aromatic rings. The summed E-state index contributed by atoms with van der Waals surface area (Å²) < 4.78 is 27.8. The van der Waals surface area contributed by atoms with Crippen molar-refractivity contribution < 1.29 is 23.1 Å². The lowest BCUT2D eigenvalue weighted by Crippen LogP contribution is -2.26. The maximum absolute atomic E-state index is 12.5. The second kappa shape index (κ2) is 9.16. The fourth-order valence-electron chi connectivity index (χ4n) is 1.05. The smallest absolute Gasteiger partial charge is 0.373 e. The minimum atomic E-state index is -3.68. The molecule has 18 heavy (non-hydrogen) atoms. The maximum atomic E-state index is 12.5. The zero-order valence-electron chi connectivity index (χ0n) is 10.7. The first-order chi connectivity index (χ1) is 8.37. The van der Waals surface area contributed by atoms with Crippen LogP contribution >= 0.6 is 30.8 Å². The number of hydrogen-bond acceptors (Lipinski definition) is 5. The Morgan fingerprint density at radius 3 is 1.89 bits per heavy atom. The number of carbonyl (C=O) groups excluding carboxylic acids is 1. The van der Waals surface area contributed by atoms with E-state index in [0.717, 1.165) is 0 Å². The summed E-state index contributed by atoms with van der Waals surface area (Å²) in [7, 11) is -3.68. The third-order valence-electron chi connectivity index (χ3n) is 1.76. The average Bonchev–Trinajstić information content (AvgIpc) is 2.30. The topological polar surface area (TPSA) is 61.8 Å². The lowest BCUT2D eigenvalue weighted by Gasteiger charge is -2.26. The van der Waals surface area contributed by atoms with Crippen molar-refractivity contribution in [2.45, 2.75) is 44.3 Å². The van der Waals surface area contributed by atoms with Crippen molar-refractivity contribution in [3.8, 4) is 0 Å². The van der Waals surface area contributed by atoms with Gasteiger partial charge in [-0.15, -0.1) is 23.2 Å². The van der Waals surface area contributed by atoms with E-state index in [1.54, 1.807) is 0 Å². The molecular weight excluding hydrogens is 302 g/mol. The van der Waals surface area contributed by atoms with Gasteiger partial charge in [-0.3, -0.25) is 9.36 Å². The molecule has 0 amide bonds. The van der Waals surface area contributed by atoms with Crippen LogP contribution in [0, 0.1) is 0 Å². The molecule has 0 N–H and O–H groups in total. The number of esters is 1. The number of halogens is 2. The summed E-state index contributed by atoms with van der Waals surface area (Å²) in [6.45, 7) is 5.29. The highest BCUT2D eigenvalue weighted by molar-refractivity contribution is 7.54. The van der Waals surface area contributed by atoms with Crippen LogP contribution < -0.4 is 0 Å². The molecule has 0 aromatic heterocycles. The summed E-state index contributed by atoms with van der Waals surface area (Å²) >= 11 is 11.4. The van der Waals surface area contributed by atoms with E-state index in [-0.39, 0.29) is 13.2 Å². The second-order valence-corrected chi connectivity index (χ2v) is 6.81. The van der Waals surface area contributed by atoms with E-state index < -0.39 is 24.2 Å². The summed E-state index contributed by atoms with van der Waals surface area (Å²) in [4.78, 5) is 9.79. The standard InChI is InChI=1S/C10H19Cl2O5P/c1-4-6-15-18(14,16-7-5-2)10(9(11)12)17-8(3)13/h9-10H,4-7H2,1-3H3. The Balaban J connectivity index is 4.95.